The summed E-state index contributed by atoms with van der Waals surface area (Å²) in [4.78, 5) is 39.4. The van der Waals surface area contributed by atoms with Crippen molar-refractivity contribution in [1.29, 1.82) is 0 Å². The molecule has 0 aliphatic carbocycles. The number of hydrogen-bond donors (Lipinski definition) is 2. The van der Waals surface area contributed by atoms with Crippen LogP contribution in [0.2, 0.25) is 0 Å². The molecule has 3 aliphatic heterocycles. The first-order valence-electron chi connectivity index (χ1n) is 10.0. The Morgan fingerprint density at radius 2 is 1.90 bits per heavy atom. The minimum absolute atomic E-state index is 0.0279. The van der Waals surface area contributed by atoms with Gasteiger partial charge in [0, 0.05) is 38.2 Å². The normalized spacial score (nSPS) is 25.8. The Balaban J connectivity index is 1.58. The fraction of sp³-hybridized carbons (Fsp3) is 0.550. The van der Waals surface area contributed by atoms with Crippen molar-refractivity contribution in [3.8, 4) is 0 Å². The number of fused-ring (bicyclic) bond motifs is 1. The number of nitrogens with zero attached hydrogens (tertiary/aromatic N) is 2. The van der Waals surface area contributed by atoms with Crippen LogP contribution < -0.4 is 10.6 Å². The molecule has 0 aromatic heterocycles. The van der Waals surface area contributed by atoms with E-state index in [0.29, 0.717) is 29.8 Å². The van der Waals surface area contributed by atoms with Gasteiger partial charge in [-0.05, 0) is 36.6 Å². The second-order valence-electron chi connectivity index (χ2n) is 7.91. The van der Waals surface area contributed by atoms with Crippen LogP contribution >= 0.6 is 0 Å². The maximum absolute atomic E-state index is 13.6. The summed E-state index contributed by atoms with van der Waals surface area (Å²) in [5.74, 6) is -1.20. The summed E-state index contributed by atoms with van der Waals surface area (Å²) in [5, 5.41) is 5.26. The van der Waals surface area contributed by atoms with Crippen LogP contribution in [0.15, 0.2) is 18.2 Å². The molecule has 3 amide bonds. The zero-order chi connectivity index (χ0) is 21.5. The Morgan fingerprint density at radius 1 is 1.10 bits per heavy atom. The summed E-state index contributed by atoms with van der Waals surface area (Å²) >= 11 is 0. The molecule has 2 saturated heterocycles. The zero-order valence-corrected chi connectivity index (χ0v) is 16.3. The molecular formula is C20H23F3N4O3. The Labute approximate surface area is 171 Å². The minimum Gasteiger partial charge on any atom is -0.322 e. The van der Waals surface area contributed by atoms with Crippen LogP contribution in [0.5, 0.6) is 0 Å². The lowest BCUT2D eigenvalue weighted by molar-refractivity contribution is -0.184. The first-order chi connectivity index (χ1) is 14.3. The molecule has 0 saturated carbocycles. The molecule has 0 bridgehead atoms. The number of hydrogen-bond acceptors (Lipinski definition) is 5. The van der Waals surface area contributed by atoms with Crippen LogP contribution in [-0.2, 0) is 22.7 Å². The van der Waals surface area contributed by atoms with E-state index < -0.39 is 24.2 Å². The molecule has 1 aromatic rings. The van der Waals surface area contributed by atoms with Crippen LogP contribution in [0.1, 0.15) is 40.7 Å². The zero-order valence-electron chi connectivity index (χ0n) is 16.3. The minimum atomic E-state index is -4.33. The highest BCUT2D eigenvalue weighted by molar-refractivity contribution is 6.05. The second-order valence-corrected chi connectivity index (χ2v) is 7.91. The average Bonchev–Trinajstić information content (AvgIpc) is 2.85. The van der Waals surface area contributed by atoms with Crippen molar-refractivity contribution in [1.82, 2.24) is 20.4 Å². The molecule has 162 valence electrons. The van der Waals surface area contributed by atoms with Gasteiger partial charge in [0.15, 0.2) is 0 Å². The van der Waals surface area contributed by atoms with Gasteiger partial charge < -0.3 is 10.2 Å². The van der Waals surface area contributed by atoms with E-state index in [4.69, 9.17) is 0 Å². The number of benzene rings is 1. The number of piperidine rings is 1. The van der Waals surface area contributed by atoms with E-state index >= 15 is 0 Å². The number of carbonyl (C=O) groups excluding carboxylic acids is 3. The first kappa shape index (κ1) is 20.8. The highest BCUT2D eigenvalue weighted by atomic mass is 19.4. The van der Waals surface area contributed by atoms with Crippen LogP contribution in [0.4, 0.5) is 13.2 Å². The molecule has 2 unspecified atom stereocenters. The topological polar surface area (TPSA) is 81.8 Å². The van der Waals surface area contributed by atoms with E-state index in [1.165, 1.54) is 9.80 Å². The first-order valence-corrected chi connectivity index (χ1v) is 10.0. The summed E-state index contributed by atoms with van der Waals surface area (Å²) in [7, 11) is 0. The highest BCUT2D eigenvalue weighted by Gasteiger charge is 2.44. The monoisotopic (exact) mass is 424 g/mol. The standard InChI is InChI=1S/C20H23F3N4O3/c21-20(22,23)16-6-7-24-8-9-26(16)10-12-2-1-3-13-14(12)11-27(19(13)30)15-4-5-17(28)25-18(15)29/h1-3,15-16,24H,4-11H2,(H,25,28,29). The van der Waals surface area contributed by atoms with Crippen LogP contribution in [-0.4, -0.2) is 65.4 Å². The van der Waals surface area contributed by atoms with E-state index in [-0.39, 0.29) is 50.7 Å². The van der Waals surface area contributed by atoms with Gasteiger partial charge in [0.1, 0.15) is 12.1 Å². The summed E-state index contributed by atoms with van der Waals surface area (Å²) in [6.07, 6.45) is -3.97. The van der Waals surface area contributed by atoms with Crippen LogP contribution in [0, 0.1) is 0 Å². The third kappa shape index (κ3) is 3.93. The quantitative estimate of drug-likeness (QED) is 0.713. The number of alkyl halides is 3. The second kappa shape index (κ2) is 7.99. The maximum Gasteiger partial charge on any atom is 0.404 e. The molecule has 0 radical (unpaired) electrons. The lowest BCUT2D eigenvalue weighted by Gasteiger charge is -2.32. The third-order valence-electron chi connectivity index (χ3n) is 6.04. The van der Waals surface area contributed by atoms with Crippen molar-refractivity contribution in [2.24, 2.45) is 0 Å². The number of nitrogens with one attached hydrogen (secondary N) is 2. The average molecular weight is 424 g/mol. The Bertz CT molecular complexity index is 873. The van der Waals surface area contributed by atoms with Gasteiger partial charge in [-0.25, -0.2) is 0 Å². The number of imide groups is 1. The smallest absolute Gasteiger partial charge is 0.322 e. The summed E-state index contributed by atoms with van der Waals surface area (Å²) in [6, 6.07) is 2.75. The van der Waals surface area contributed by atoms with Gasteiger partial charge in [-0.1, -0.05) is 12.1 Å². The molecular weight excluding hydrogens is 401 g/mol. The molecule has 30 heavy (non-hydrogen) atoms. The fourth-order valence-electron chi connectivity index (χ4n) is 4.50. The Hall–Kier alpha value is -2.46. The molecule has 2 fully saturated rings. The molecule has 7 nitrogen and oxygen atoms in total. The van der Waals surface area contributed by atoms with E-state index in [2.05, 4.69) is 10.6 Å². The Morgan fingerprint density at radius 3 is 2.63 bits per heavy atom. The largest absolute Gasteiger partial charge is 0.404 e. The molecule has 1 aromatic carbocycles. The number of amides is 3. The predicted octanol–water partition coefficient (Wildman–Crippen LogP) is 1.17. The van der Waals surface area contributed by atoms with Crippen molar-refractivity contribution in [2.45, 2.75) is 50.6 Å². The molecule has 2 atom stereocenters. The third-order valence-corrected chi connectivity index (χ3v) is 6.04. The highest BCUT2D eigenvalue weighted by Crippen LogP contribution is 2.33. The molecule has 3 aliphatic rings. The van der Waals surface area contributed by atoms with Crippen LogP contribution in [0.25, 0.3) is 0 Å². The number of halogens is 3. The molecule has 10 heteroatoms. The molecule has 0 spiro atoms. The van der Waals surface area contributed by atoms with E-state index in [0.717, 1.165) is 0 Å². The van der Waals surface area contributed by atoms with Gasteiger partial charge in [-0.3, -0.25) is 24.6 Å². The van der Waals surface area contributed by atoms with Crippen molar-refractivity contribution in [3.05, 3.63) is 34.9 Å². The van der Waals surface area contributed by atoms with Gasteiger partial charge in [0.25, 0.3) is 5.91 Å². The molecule has 2 N–H and O–H groups in total. The van der Waals surface area contributed by atoms with Crippen molar-refractivity contribution in [3.63, 3.8) is 0 Å². The predicted molar refractivity (Wildman–Crippen MR) is 100 cm³/mol. The summed E-state index contributed by atoms with van der Waals surface area (Å²) in [5.41, 5.74) is 1.73. The summed E-state index contributed by atoms with van der Waals surface area (Å²) in [6.45, 7) is 1.24. The number of rotatable bonds is 3. The molecule has 3 heterocycles. The maximum atomic E-state index is 13.6. The summed E-state index contributed by atoms with van der Waals surface area (Å²) < 4.78 is 40.8. The van der Waals surface area contributed by atoms with Crippen LogP contribution in [0.3, 0.4) is 0 Å². The number of carbonyl (C=O) groups is 3. The van der Waals surface area contributed by atoms with Gasteiger partial charge >= 0.3 is 6.18 Å². The van der Waals surface area contributed by atoms with Gasteiger partial charge in [-0.2, -0.15) is 13.2 Å². The van der Waals surface area contributed by atoms with Gasteiger partial charge in [0.05, 0.1) is 0 Å². The van der Waals surface area contributed by atoms with Crippen molar-refractivity contribution >= 4 is 17.7 Å². The van der Waals surface area contributed by atoms with Crippen molar-refractivity contribution < 1.29 is 27.6 Å². The fourth-order valence-corrected chi connectivity index (χ4v) is 4.50. The van der Waals surface area contributed by atoms with Gasteiger partial charge in [0.2, 0.25) is 11.8 Å². The lowest BCUT2D eigenvalue weighted by atomic mass is 10.0. The lowest BCUT2D eigenvalue weighted by Crippen LogP contribution is -2.52. The van der Waals surface area contributed by atoms with Crippen molar-refractivity contribution in [2.75, 3.05) is 19.6 Å². The van der Waals surface area contributed by atoms with E-state index in [1.54, 1.807) is 18.2 Å². The molecule has 4 rings (SSSR count). The SMILES string of the molecule is O=C1CCC(N2Cc3c(CN4CCNCCC4C(F)(F)F)cccc3C2=O)C(=O)N1. The Kier molecular flexibility index (Phi) is 5.54. The van der Waals surface area contributed by atoms with E-state index in [9.17, 15) is 27.6 Å². The van der Waals surface area contributed by atoms with Gasteiger partial charge in [-0.15, -0.1) is 0 Å². The van der Waals surface area contributed by atoms with E-state index in [1.807, 2.05) is 0 Å².